The topological polar surface area (TPSA) is 98.9 Å². The third-order valence-electron chi connectivity index (χ3n) is 6.11. The number of aromatic amines is 2. The van der Waals surface area contributed by atoms with E-state index in [1.54, 1.807) is 31.6 Å². The summed E-state index contributed by atoms with van der Waals surface area (Å²) in [5.74, 6) is 0.326. The Morgan fingerprint density at radius 3 is 2.84 bits per heavy atom. The summed E-state index contributed by atoms with van der Waals surface area (Å²) in [5, 5.41) is 11.0. The number of aromatic nitrogens is 4. The average Bonchev–Trinajstić information content (AvgIpc) is 3.53. The molecule has 164 valence electrons. The smallest absolute Gasteiger partial charge is 0.256 e. The van der Waals surface area contributed by atoms with E-state index in [0.717, 1.165) is 40.7 Å². The lowest BCUT2D eigenvalue weighted by Gasteiger charge is -2.17. The fraction of sp³-hybridized carbons (Fsp3) is 0.292. The number of nitrogens with one attached hydrogen (secondary N) is 3. The minimum atomic E-state index is -0.199. The lowest BCUT2D eigenvalue weighted by molar-refractivity contribution is 0.102. The van der Waals surface area contributed by atoms with Gasteiger partial charge in [-0.3, -0.25) is 14.8 Å². The van der Waals surface area contributed by atoms with Gasteiger partial charge in [0.2, 0.25) is 0 Å². The van der Waals surface area contributed by atoms with E-state index in [4.69, 9.17) is 4.74 Å². The van der Waals surface area contributed by atoms with Crippen LogP contribution in [0.2, 0.25) is 0 Å². The number of nitrogens with zero attached hydrogens (tertiary/aromatic N) is 3. The highest BCUT2D eigenvalue weighted by molar-refractivity contribution is 6.04. The molecule has 1 aromatic carbocycles. The number of benzene rings is 1. The number of carbonyl (C=O) groups excluding carboxylic acids is 1. The quantitative estimate of drug-likeness (QED) is 0.427. The Bertz CT molecular complexity index is 1240. The minimum absolute atomic E-state index is 0.199. The number of hydrogen-bond donors (Lipinski definition) is 3. The van der Waals surface area contributed by atoms with Crippen molar-refractivity contribution in [3.05, 3.63) is 65.7 Å². The van der Waals surface area contributed by atoms with E-state index in [0.29, 0.717) is 24.0 Å². The van der Waals surface area contributed by atoms with Crippen LogP contribution in [0.15, 0.2) is 48.8 Å². The van der Waals surface area contributed by atoms with Gasteiger partial charge in [-0.25, -0.2) is 4.98 Å². The first kappa shape index (κ1) is 20.4. The number of anilines is 1. The van der Waals surface area contributed by atoms with Crippen LogP contribution >= 0.6 is 0 Å². The molecule has 8 heteroatoms. The zero-order valence-electron chi connectivity index (χ0n) is 18.2. The first-order valence-electron chi connectivity index (χ1n) is 10.7. The number of ether oxygens (including phenoxy) is 1. The molecule has 3 aromatic heterocycles. The van der Waals surface area contributed by atoms with Crippen molar-refractivity contribution < 1.29 is 9.53 Å². The molecular formula is C24H26N6O2. The number of hydrogen-bond acceptors (Lipinski definition) is 5. The molecule has 0 saturated carbocycles. The van der Waals surface area contributed by atoms with Crippen LogP contribution in [0, 0.1) is 0 Å². The molecule has 0 radical (unpaired) electrons. The van der Waals surface area contributed by atoms with E-state index in [-0.39, 0.29) is 5.91 Å². The van der Waals surface area contributed by atoms with E-state index in [1.165, 1.54) is 12.1 Å². The molecule has 3 N–H and O–H groups in total. The summed E-state index contributed by atoms with van der Waals surface area (Å²) in [6.45, 7) is 1.57. The molecule has 1 fully saturated rings. The maximum atomic E-state index is 12.8. The van der Waals surface area contributed by atoms with Gasteiger partial charge in [-0.15, -0.1) is 0 Å². The lowest BCUT2D eigenvalue weighted by Crippen LogP contribution is -2.17. The SMILES string of the molecule is COCc1[nH]ncc1-c1ccc(C(=O)Nc2cc3[nH]c([C@H]4CCCN4C)cc3cn2)cc1. The molecule has 1 amide bonds. The van der Waals surface area contributed by atoms with Gasteiger partial charge in [0.1, 0.15) is 5.82 Å². The Balaban J connectivity index is 1.31. The summed E-state index contributed by atoms with van der Waals surface area (Å²) >= 11 is 0. The van der Waals surface area contributed by atoms with Crippen molar-refractivity contribution in [2.24, 2.45) is 0 Å². The van der Waals surface area contributed by atoms with Gasteiger partial charge in [-0.2, -0.15) is 5.10 Å². The molecule has 4 aromatic rings. The molecule has 1 atom stereocenters. The van der Waals surface area contributed by atoms with Crippen LogP contribution in [0.1, 0.15) is 40.6 Å². The maximum absolute atomic E-state index is 12.8. The molecule has 5 rings (SSSR count). The zero-order chi connectivity index (χ0) is 22.1. The number of fused-ring (bicyclic) bond motifs is 1. The van der Waals surface area contributed by atoms with Gasteiger partial charge in [-0.05, 0) is 50.2 Å². The highest BCUT2D eigenvalue weighted by Gasteiger charge is 2.24. The van der Waals surface area contributed by atoms with Crippen LogP contribution in [-0.2, 0) is 11.3 Å². The molecule has 0 unspecified atom stereocenters. The van der Waals surface area contributed by atoms with Crippen molar-refractivity contribution in [3.63, 3.8) is 0 Å². The molecule has 0 aliphatic carbocycles. The molecular weight excluding hydrogens is 404 g/mol. The molecule has 4 heterocycles. The monoisotopic (exact) mass is 430 g/mol. The van der Waals surface area contributed by atoms with Gasteiger partial charge >= 0.3 is 0 Å². The van der Waals surface area contributed by atoms with Crippen LogP contribution in [0.25, 0.3) is 22.0 Å². The summed E-state index contributed by atoms with van der Waals surface area (Å²) in [4.78, 5) is 23.1. The van der Waals surface area contributed by atoms with Crippen LogP contribution in [-0.4, -0.2) is 51.7 Å². The Labute approximate surface area is 186 Å². The van der Waals surface area contributed by atoms with Crippen molar-refractivity contribution in [1.29, 1.82) is 0 Å². The molecule has 0 bridgehead atoms. The zero-order valence-corrected chi connectivity index (χ0v) is 18.2. The molecule has 0 spiro atoms. The number of carbonyl (C=O) groups is 1. The predicted molar refractivity (Wildman–Crippen MR) is 123 cm³/mol. The third-order valence-corrected chi connectivity index (χ3v) is 6.11. The average molecular weight is 431 g/mol. The summed E-state index contributed by atoms with van der Waals surface area (Å²) < 4.78 is 5.20. The van der Waals surface area contributed by atoms with E-state index < -0.39 is 0 Å². The van der Waals surface area contributed by atoms with Crippen molar-refractivity contribution in [1.82, 2.24) is 25.1 Å². The molecule has 32 heavy (non-hydrogen) atoms. The molecule has 8 nitrogen and oxygen atoms in total. The third kappa shape index (κ3) is 3.90. The van der Waals surface area contributed by atoms with Crippen molar-refractivity contribution in [2.75, 3.05) is 26.0 Å². The first-order chi connectivity index (χ1) is 15.6. The van der Waals surface area contributed by atoms with Gasteiger partial charge in [0.25, 0.3) is 5.91 Å². The second-order valence-electron chi connectivity index (χ2n) is 8.25. The second kappa shape index (κ2) is 8.57. The highest BCUT2D eigenvalue weighted by atomic mass is 16.5. The molecule has 1 saturated heterocycles. The second-order valence-corrected chi connectivity index (χ2v) is 8.25. The number of amides is 1. The maximum Gasteiger partial charge on any atom is 0.256 e. The predicted octanol–water partition coefficient (Wildman–Crippen LogP) is 4.12. The van der Waals surface area contributed by atoms with Gasteiger partial charge in [0.15, 0.2) is 0 Å². The molecule has 1 aliphatic rings. The summed E-state index contributed by atoms with van der Waals surface area (Å²) in [6, 6.07) is 11.9. The number of likely N-dealkylation sites (tertiary alicyclic amines) is 1. The summed E-state index contributed by atoms with van der Waals surface area (Å²) in [5.41, 5.74) is 5.57. The summed E-state index contributed by atoms with van der Waals surface area (Å²) in [7, 11) is 3.80. The number of H-pyrrole nitrogens is 2. The lowest BCUT2D eigenvalue weighted by atomic mass is 10.0. The van der Waals surface area contributed by atoms with Crippen LogP contribution < -0.4 is 5.32 Å². The largest absolute Gasteiger partial charge is 0.378 e. The fourth-order valence-electron chi connectivity index (χ4n) is 4.41. The van der Waals surface area contributed by atoms with Crippen LogP contribution in [0.4, 0.5) is 5.82 Å². The Morgan fingerprint density at radius 1 is 1.25 bits per heavy atom. The number of methoxy groups -OCH3 is 1. The fourth-order valence-corrected chi connectivity index (χ4v) is 4.41. The van der Waals surface area contributed by atoms with Gasteiger partial charge in [0, 0.05) is 47.6 Å². The highest BCUT2D eigenvalue weighted by Crippen LogP contribution is 2.32. The van der Waals surface area contributed by atoms with Crippen LogP contribution in [0.5, 0.6) is 0 Å². The first-order valence-corrected chi connectivity index (χ1v) is 10.7. The minimum Gasteiger partial charge on any atom is -0.378 e. The molecule has 1 aliphatic heterocycles. The Morgan fingerprint density at radius 2 is 2.09 bits per heavy atom. The van der Waals surface area contributed by atoms with E-state index in [2.05, 4.69) is 43.5 Å². The van der Waals surface area contributed by atoms with Crippen molar-refractivity contribution >= 4 is 22.6 Å². The normalized spacial score (nSPS) is 16.6. The number of rotatable bonds is 6. The Hall–Kier alpha value is -3.49. The van der Waals surface area contributed by atoms with Crippen molar-refractivity contribution in [3.8, 4) is 11.1 Å². The van der Waals surface area contributed by atoms with Crippen molar-refractivity contribution in [2.45, 2.75) is 25.5 Å². The van der Waals surface area contributed by atoms with Gasteiger partial charge < -0.3 is 15.0 Å². The summed E-state index contributed by atoms with van der Waals surface area (Å²) in [6.07, 6.45) is 5.93. The number of pyridine rings is 1. The van der Waals surface area contributed by atoms with E-state index in [9.17, 15) is 4.79 Å². The van der Waals surface area contributed by atoms with E-state index in [1.807, 2.05) is 18.2 Å². The van der Waals surface area contributed by atoms with Crippen LogP contribution in [0.3, 0.4) is 0 Å². The standard InChI is InChI=1S/C24H26N6O2/c1-30-9-3-4-22(30)20-10-17-12-25-23(11-19(17)27-20)28-24(31)16-7-5-15(6-8-16)18-13-26-29-21(18)14-32-2/h5-8,10-13,22,27H,3-4,9,14H2,1-2H3,(H,26,29)(H,25,28,31)/t22-/m1/s1. The van der Waals surface area contributed by atoms with Gasteiger partial charge in [-0.1, -0.05) is 12.1 Å². The van der Waals surface area contributed by atoms with Gasteiger partial charge in [0.05, 0.1) is 24.0 Å². The Kier molecular flexibility index (Phi) is 5.46. The van der Waals surface area contributed by atoms with E-state index >= 15 is 0 Å².